The summed E-state index contributed by atoms with van der Waals surface area (Å²) in [5, 5.41) is 107. The van der Waals surface area contributed by atoms with E-state index >= 15 is 0 Å². The minimum atomic E-state index is -0.693. The van der Waals surface area contributed by atoms with Crippen molar-refractivity contribution in [2.45, 2.75) is 258 Å². The molecule has 4 heterocycles. The number of aromatic hydroxyl groups is 8. The van der Waals surface area contributed by atoms with Gasteiger partial charge in [-0.3, -0.25) is 19.6 Å². The SMILES string of the molecule is CCCCCC1c2cc(c(O)c(CN3COC[C@H]3CC)c2O)C(CCCCC)c2cc(c(O)c(CN3COC[C@H]3CC)c2O)C(CCCCC)c2cc(c(O)c(CN3COC[C@H]3CC)c2O)C(CCCCC)c2cc1c(O)c(CN1COC[C@H]1CC)c2O. The van der Waals surface area contributed by atoms with Crippen LogP contribution in [0.15, 0.2) is 24.3 Å². The van der Waals surface area contributed by atoms with E-state index in [-0.39, 0.29) is 96.3 Å². The van der Waals surface area contributed by atoms with Crippen molar-refractivity contribution in [1.29, 1.82) is 0 Å². The second kappa shape index (κ2) is 31.3. The van der Waals surface area contributed by atoms with Crippen molar-refractivity contribution in [3.8, 4) is 46.0 Å². The first-order valence-electron chi connectivity index (χ1n) is 34.2. The predicted octanol–water partition coefficient (Wildman–Crippen LogP) is 14.8. The fraction of sp³-hybridized carbons (Fsp3) is 0.667. The van der Waals surface area contributed by atoms with Crippen LogP contribution in [0.1, 0.15) is 274 Å². The Kier molecular flexibility index (Phi) is 24.0. The molecule has 4 aromatic rings. The number of hydrogen-bond acceptors (Lipinski definition) is 16. The molecule has 9 rings (SSSR count). The van der Waals surface area contributed by atoms with E-state index in [0.29, 0.717) is 146 Å². The summed E-state index contributed by atoms with van der Waals surface area (Å²) in [6.45, 7) is 20.9. The average Bonchev–Trinajstić information content (AvgIpc) is 0.984. The molecule has 0 aromatic heterocycles. The number of ether oxygens (including phenoxy) is 4. The second-order valence-electron chi connectivity index (χ2n) is 26.4. The van der Waals surface area contributed by atoms with E-state index in [1.165, 1.54) is 0 Å². The van der Waals surface area contributed by atoms with E-state index in [2.05, 4.69) is 75.0 Å². The molecular formula is C72H108N4O12. The summed E-state index contributed by atoms with van der Waals surface area (Å²) in [5.74, 6) is -3.44. The second-order valence-corrected chi connectivity index (χ2v) is 26.4. The Labute approximate surface area is 525 Å². The van der Waals surface area contributed by atoms with E-state index in [0.717, 1.165) is 103 Å². The molecule has 1 aliphatic carbocycles. The van der Waals surface area contributed by atoms with Gasteiger partial charge in [-0.25, -0.2) is 0 Å². The number of benzene rings is 4. The smallest absolute Gasteiger partial charge is 0.127 e. The Morgan fingerprint density at radius 3 is 0.636 bits per heavy atom. The molecule has 4 fully saturated rings. The highest BCUT2D eigenvalue weighted by molar-refractivity contribution is 5.68. The largest absolute Gasteiger partial charge is 0.507 e. The zero-order chi connectivity index (χ0) is 62.8. The van der Waals surface area contributed by atoms with Crippen LogP contribution in [0.2, 0.25) is 0 Å². The third-order valence-corrected chi connectivity index (χ3v) is 20.8. The maximum absolute atomic E-state index is 13.4. The van der Waals surface area contributed by atoms with Crippen LogP contribution in [-0.4, -0.2) is 138 Å². The maximum Gasteiger partial charge on any atom is 0.127 e. The molecule has 8 bridgehead atoms. The fourth-order valence-corrected chi connectivity index (χ4v) is 15.2. The number of rotatable bonds is 28. The average molecular weight is 1220 g/mol. The van der Waals surface area contributed by atoms with Gasteiger partial charge in [0.1, 0.15) is 46.0 Å². The highest BCUT2D eigenvalue weighted by atomic mass is 16.5. The van der Waals surface area contributed by atoms with Gasteiger partial charge >= 0.3 is 0 Å². The van der Waals surface area contributed by atoms with E-state index in [1.54, 1.807) is 0 Å². The van der Waals surface area contributed by atoms with Crippen molar-refractivity contribution >= 4 is 0 Å². The first kappa shape index (κ1) is 67.4. The third-order valence-electron chi connectivity index (χ3n) is 20.8. The van der Waals surface area contributed by atoms with Gasteiger partial charge < -0.3 is 59.8 Å². The van der Waals surface area contributed by atoms with E-state index in [9.17, 15) is 40.9 Å². The number of nitrogens with zero attached hydrogens (tertiary/aromatic N) is 4. The molecule has 4 atom stereocenters. The molecule has 4 saturated heterocycles. The minimum Gasteiger partial charge on any atom is -0.507 e. The Morgan fingerprint density at radius 1 is 0.295 bits per heavy atom. The number of fused-ring (bicyclic) bond motifs is 8. The molecule has 5 aliphatic rings. The van der Waals surface area contributed by atoms with Crippen LogP contribution in [0.4, 0.5) is 0 Å². The van der Waals surface area contributed by atoms with Crippen molar-refractivity contribution < 1.29 is 59.8 Å². The highest BCUT2D eigenvalue weighted by Crippen LogP contribution is 2.57. The number of unbranched alkanes of at least 4 members (excludes halogenated alkanes) is 8. The molecule has 16 nitrogen and oxygen atoms in total. The summed E-state index contributed by atoms with van der Waals surface area (Å²) in [5.41, 5.74) is 5.45. The van der Waals surface area contributed by atoms with E-state index < -0.39 is 23.7 Å². The normalized spacial score (nSPS) is 23.7. The molecule has 0 unspecified atom stereocenters. The minimum absolute atomic E-state index is 0.0224. The zero-order valence-corrected chi connectivity index (χ0v) is 54.6. The molecule has 4 aromatic carbocycles. The lowest BCUT2D eigenvalue weighted by atomic mass is 9.74. The quantitative estimate of drug-likeness (QED) is 0.0249. The van der Waals surface area contributed by atoms with Gasteiger partial charge in [0.05, 0.1) is 75.6 Å². The van der Waals surface area contributed by atoms with Crippen LogP contribution in [0.5, 0.6) is 46.0 Å². The lowest BCUT2D eigenvalue weighted by Gasteiger charge is -2.33. The summed E-state index contributed by atoms with van der Waals surface area (Å²) in [7, 11) is 0. The Balaban J connectivity index is 1.47. The Hall–Kier alpha value is -5.04. The molecule has 8 N–H and O–H groups in total. The number of phenolic OH excluding ortho intramolecular Hbond substituents is 8. The summed E-state index contributed by atoms with van der Waals surface area (Å²) < 4.78 is 24.3. The van der Waals surface area contributed by atoms with Gasteiger partial charge in [0.25, 0.3) is 0 Å². The van der Waals surface area contributed by atoms with Crippen LogP contribution in [-0.2, 0) is 45.1 Å². The molecule has 0 radical (unpaired) electrons. The van der Waals surface area contributed by atoms with E-state index in [4.69, 9.17) is 18.9 Å². The topological polar surface area (TPSA) is 212 Å². The molecule has 488 valence electrons. The van der Waals surface area contributed by atoms with Crippen LogP contribution < -0.4 is 0 Å². The van der Waals surface area contributed by atoms with Gasteiger partial charge in [-0.05, 0) is 75.6 Å². The van der Waals surface area contributed by atoms with Gasteiger partial charge in [0.2, 0.25) is 0 Å². The summed E-state index contributed by atoms with van der Waals surface area (Å²) >= 11 is 0. The molecule has 0 saturated carbocycles. The highest BCUT2D eigenvalue weighted by Gasteiger charge is 2.40. The lowest BCUT2D eigenvalue weighted by Crippen LogP contribution is -2.30. The standard InChI is InChI=1S/C72H108N4O12/c1-9-17-21-25-49-53-29-55(67(79)61(65(53)77)33-73-41-85-37-45(73)13-5)50(26-22-18-10-2)57-31-59(71(83)63(69(57)81)35-75-43-87-39-47(75)15-7)52(28-24-20-12-4)60-32-58(70(82)64(72(60)84)36-76-44-88-40-48(76)16-8)51(27-23-19-11-3)56-30-54(49)66(78)62(68(56)80)34-74-42-86-38-46(74)14-6/h29-32,45-52,77-84H,9-28,33-44H2,1-8H3/t45-,46-,47-,48-,49?,50?,51?,52?/m1/s1. The summed E-state index contributed by atoms with van der Waals surface area (Å²) in [6, 6.07) is 7.81. The van der Waals surface area contributed by atoms with Crippen LogP contribution >= 0.6 is 0 Å². The van der Waals surface area contributed by atoms with Crippen LogP contribution in [0, 0.1) is 0 Å². The molecular weight excluding hydrogens is 1110 g/mol. The monoisotopic (exact) mass is 1220 g/mol. The van der Waals surface area contributed by atoms with Gasteiger partial charge in [0.15, 0.2) is 0 Å². The van der Waals surface area contributed by atoms with Gasteiger partial charge in [-0.15, -0.1) is 0 Å². The summed E-state index contributed by atoms with van der Waals surface area (Å²) in [6.07, 6.45) is 15.1. The maximum atomic E-state index is 13.4. The van der Waals surface area contributed by atoms with Gasteiger partial charge in [-0.2, -0.15) is 0 Å². The van der Waals surface area contributed by atoms with Crippen LogP contribution in [0.25, 0.3) is 0 Å². The zero-order valence-electron chi connectivity index (χ0n) is 54.6. The molecule has 0 amide bonds. The van der Waals surface area contributed by atoms with Gasteiger partial charge in [0, 0.05) is 119 Å². The van der Waals surface area contributed by atoms with Crippen molar-refractivity contribution in [2.24, 2.45) is 0 Å². The first-order valence-corrected chi connectivity index (χ1v) is 34.2. The third kappa shape index (κ3) is 14.2. The molecule has 0 spiro atoms. The Bertz CT molecular complexity index is 2450. The molecule has 16 heteroatoms. The molecule has 4 aliphatic heterocycles. The number of phenols is 8. The molecule has 88 heavy (non-hydrogen) atoms. The number of hydrogen-bond donors (Lipinski definition) is 8. The predicted molar refractivity (Wildman–Crippen MR) is 345 cm³/mol. The van der Waals surface area contributed by atoms with Crippen molar-refractivity contribution in [1.82, 2.24) is 19.6 Å². The first-order chi connectivity index (χ1) is 42.7. The van der Waals surface area contributed by atoms with E-state index in [1.807, 2.05) is 24.3 Å². The summed E-state index contributed by atoms with van der Waals surface area (Å²) in [4.78, 5) is 8.62. The van der Waals surface area contributed by atoms with Gasteiger partial charge in [-0.1, -0.05) is 132 Å². The lowest BCUT2D eigenvalue weighted by molar-refractivity contribution is 0.132. The van der Waals surface area contributed by atoms with Crippen LogP contribution in [0.3, 0.4) is 0 Å². The van der Waals surface area contributed by atoms with Crippen molar-refractivity contribution in [3.05, 3.63) is 91.0 Å². The Morgan fingerprint density at radius 2 is 0.477 bits per heavy atom. The van der Waals surface area contributed by atoms with Crippen molar-refractivity contribution in [3.63, 3.8) is 0 Å². The van der Waals surface area contributed by atoms with Crippen molar-refractivity contribution in [2.75, 3.05) is 53.4 Å². The fourth-order valence-electron chi connectivity index (χ4n) is 15.2.